The molecular weight excluding hydrogens is 234 g/mol. The molecular formula is C17H27NO. The third-order valence-electron chi connectivity index (χ3n) is 4.45. The summed E-state index contributed by atoms with van der Waals surface area (Å²) < 4.78 is 5.77. The van der Waals surface area contributed by atoms with Crippen LogP contribution < -0.4 is 10.5 Å². The summed E-state index contributed by atoms with van der Waals surface area (Å²) in [6.45, 7) is 3.81. The molecule has 2 heteroatoms. The molecule has 1 aromatic rings. The van der Waals surface area contributed by atoms with Gasteiger partial charge in [-0.1, -0.05) is 57.2 Å². The van der Waals surface area contributed by atoms with Crippen molar-refractivity contribution in [2.24, 2.45) is 5.73 Å². The predicted molar refractivity (Wildman–Crippen MR) is 80.7 cm³/mol. The van der Waals surface area contributed by atoms with Crippen LogP contribution in [0.3, 0.4) is 0 Å². The van der Waals surface area contributed by atoms with E-state index < -0.39 is 0 Å². The summed E-state index contributed by atoms with van der Waals surface area (Å²) in [5, 5.41) is 0. The van der Waals surface area contributed by atoms with Crippen LogP contribution in [0.2, 0.25) is 0 Å². The average Bonchev–Trinajstić information content (AvgIpc) is 2.47. The van der Waals surface area contributed by atoms with Gasteiger partial charge in [0.1, 0.15) is 5.75 Å². The van der Waals surface area contributed by atoms with E-state index in [9.17, 15) is 0 Å². The van der Waals surface area contributed by atoms with Crippen molar-refractivity contribution < 1.29 is 4.74 Å². The van der Waals surface area contributed by atoms with Gasteiger partial charge in [-0.15, -0.1) is 0 Å². The second-order valence-corrected chi connectivity index (χ2v) is 5.74. The van der Waals surface area contributed by atoms with E-state index in [1.54, 1.807) is 0 Å². The molecule has 19 heavy (non-hydrogen) atoms. The zero-order valence-electron chi connectivity index (χ0n) is 12.2. The zero-order valence-corrected chi connectivity index (χ0v) is 12.2. The second-order valence-electron chi connectivity index (χ2n) is 5.74. The summed E-state index contributed by atoms with van der Waals surface area (Å²) in [7, 11) is 0. The maximum Gasteiger partial charge on any atom is 0.123 e. The van der Waals surface area contributed by atoms with Crippen LogP contribution in [0.5, 0.6) is 5.75 Å². The number of hydrogen-bond donors (Lipinski definition) is 1. The van der Waals surface area contributed by atoms with Gasteiger partial charge in [0.05, 0.1) is 6.61 Å². The Balaban J connectivity index is 2.02. The summed E-state index contributed by atoms with van der Waals surface area (Å²) in [6, 6.07) is 8.44. The van der Waals surface area contributed by atoms with E-state index in [4.69, 9.17) is 10.5 Å². The van der Waals surface area contributed by atoms with Gasteiger partial charge in [-0.3, -0.25) is 0 Å². The molecule has 0 saturated carbocycles. The lowest BCUT2D eigenvalue weighted by Crippen LogP contribution is -2.39. The molecule has 0 saturated heterocycles. The first kappa shape index (κ1) is 14.4. The quantitative estimate of drug-likeness (QED) is 0.752. The summed E-state index contributed by atoms with van der Waals surface area (Å²) in [5.41, 5.74) is 7.62. The highest BCUT2D eigenvalue weighted by molar-refractivity contribution is 5.41. The molecule has 0 fully saturated rings. The van der Waals surface area contributed by atoms with Crippen LogP contribution in [0, 0.1) is 0 Å². The molecule has 1 heterocycles. The number of benzene rings is 1. The van der Waals surface area contributed by atoms with Crippen molar-refractivity contribution >= 4 is 0 Å². The van der Waals surface area contributed by atoms with Crippen LogP contribution >= 0.6 is 0 Å². The topological polar surface area (TPSA) is 35.2 Å². The van der Waals surface area contributed by atoms with E-state index in [0.717, 1.165) is 25.3 Å². The molecule has 1 aromatic carbocycles. The minimum absolute atomic E-state index is 0.154. The number of unbranched alkanes of at least 4 members (excludes halogenated alkanes) is 4. The van der Waals surface area contributed by atoms with Gasteiger partial charge in [-0.05, 0) is 18.9 Å². The molecule has 1 aliphatic heterocycles. The second kappa shape index (κ2) is 6.95. The van der Waals surface area contributed by atoms with Crippen LogP contribution in [0.1, 0.15) is 57.4 Å². The number of ether oxygens (including phenoxy) is 1. The van der Waals surface area contributed by atoms with Crippen LogP contribution in [-0.2, 0) is 5.41 Å². The fourth-order valence-electron chi connectivity index (χ4n) is 3.16. The van der Waals surface area contributed by atoms with E-state index in [2.05, 4.69) is 25.1 Å². The van der Waals surface area contributed by atoms with E-state index >= 15 is 0 Å². The van der Waals surface area contributed by atoms with Crippen LogP contribution in [-0.4, -0.2) is 13.2 Å². The fraction of sp³-hybridized carbons (Fsp3) is 0.647. The molecule has 2 rings (SSSR count). The SMILES string of the molecule is CCCCCCCC1(CN)CCOc2ccccc21. The maximum absolute atomic E-state index is 6.14. The summed E-state index contributed by atoms with van der Waals surface area (Å²) >= 11 is 0. The molecule has 2 nitrogen and oxygen atoms in total. The Morgan fingerprint density at radius 1 is 1.16 bits per heavy atom. The highest BCUT2D eigenvalue weighted by Crippen LogP contribution is 2.41. The van der Waals surface area contributed by atoms with Gasteiger partial charge in [0.15, 0.2) is 0 Å². The number of rotatable bonds is 7. The van der Waals surface area contributed by atoms with Crippen molar-refractivity contribution in [1.29, 1.82) is 0 Å². The molecule has 0 amide bonds. The number of hydrogen-bond acceptors (Lipinski definition) is 2. The van der Waals surface area contributed by atoms with Gasteiger partial charge >= 0.3 is 0 Å². The molecule has 106 valence electrons. The maximum atomic E-state index is 6.14. The van der Waals surface area contributed by atoms with Gasteiger partial charge < -0.3 is 10.5 Å². The first-order chi connectivity index (χ1) is 9.32. The summed E-state index contributed by atoms with van der Waals surface area (Å²) in [6.07, 6.45) is 8.90. The van der Waals surface area contributed by atoms with Gasteiger partial charge in [-0.2, -0.15) is 0 Å². The highest BCUT2D eigenvalue weighted by Gasteiger charge is 2.35. The normalized spacial score (nSPS) is 21.8. The van der Waals surface area contributed by atoms with E-state index in [1.165, 1.54) is 44.1 Å². The Bertz CT molecular complexity index is 391. The van der Waals surface area contributed by atoms with Crippen LogP contribution in [0.15, 0.2) is 24.3 Å². The molecule has 0 bridgehead atoms. The predicted octanol–water partition coefficient (Wildman–Crippen LogP) is 4.03. The van der Waals surface area contributed by atoms with E-state index in [1.807, 2.05) is 6.07 Å². The minimum atomic E-state index is 0.154. The van der Waals surface area contributed by atoms with Crippen LogP contribution in [0.4, 0.5) is 0 Å². The summed E-state index contributed by atoms with van der Waals surface area (Å²) in [4.78, 5) is 0. The smallest absolute Gasteiger partial charge is 0.123 e. The molecule has 0 aliphatic carbocycles. The third kappa shape index (κ3) is 3.30. The molecule has 0 radical (unpaired) electrons. The van der Waals surface area contributed by atoms with Crippen molar-refractivity contribution in [3.63, 3.8) is 0 Å². The molecule has 1 unspecified atom stereocenters. The molecule has 0 aromatic heterocycles. The lowest BCUT2D eigenvalue weighted by Gasteiger charge is -2.38. The number of fused-ring (bicyclic) bond motifs is 1. The molecule has 1 aliphatic rings. The zero-order chi connectivity index (χ0) is 13.6. The third-order valence-corrected chi connectivity index (χ3v) is 4.45. The van der Waals surface area contributed by atoms with Gasteiger partial charge in [-0.25, -0.2) is 0 Å². The Morgan fingerprint density at radius 3 is 2.74 bits per heavy atom. The Kier molecular flexibility index (Phi) is 5.26. The van der Waals surface area contributed by atoms with Gasteiger partial charge in [0.25, 0.3) is 0 Å². The molecule has 2 N–H and O–H groups in total. The monoisotopic (exact) mass is 261 g/mol. The standard InChI is InChI=1S/C17H27NO/c1-2-3-4-5-8-11-17(14-18)12-13-19-16-10-7-6-9-15(16)17/h6-7,9-10H,2-5,8,11-14,18H2,1H3. The van der Waals surface area contributed by atoms with Crippen molar-refractivity contribution in [3.05, 3.63) is 29.8 Å². The minimum Gasteiger partial charge on any atom is -0.493 e. The Labute approximate surface area is 117 Å². The van der Waals surface area contributed by atoms with Crippen molar-refractivity contribution in [3.8, 4) is 5.75 Å². The van der Waals surface area contributed by atoms with Crippen molar-refractivity contribution in [1.82, 2.24) is 0 Å². The summed E-state index contributed by atoms with van der Waals surface area (Å²) in [5.74, 6) is 1.05. The lowest BCUT2D eigenvalue weighted by molar-refractivity contribution is 0.205. The van der Waals surface area contributed by atoms with Crippen molar-refractivity contribution in [2.75, 3.05) is 13.2 Å². The lowest BCUT2D eigenvalue weighted by atomic mass is 9.72. The Hall–Kier alpha value is -1.02. The van der Waals surface area contributed by atoms with Gasteiger partial charge in [0, 0.05) is 17.5 Å². The first-order valence-corrected chi connectivity index (χ1v) is 7.75. The number of para-hydroxylation sites is 1. The molecule has 1 atom stereocenters. The Morgan fingerprint density at radius 2 is 1.95 bits per heavy atom. The highest BCUT2D eigenvalue weighted by atomic mass is 16.5. The molecule has 0 spiro atoms. The fourth-order valence-corrected chi connectivity index (χ4v) is 3.16. The number of nitrogens with two attached hydrogens (primary N) is 1. The largest absolute Gasteiger partial charge is 0.493 e. The first-order valence-electron chi connectivity index (χ1n) is 7.75. The average molecular weight is 261 g/mol. The van der Waals surface area contributed by atoms with E-state index in [0.29, 0.717) is 0 Å². The van der Waals surface area contributed by atoms with E-state index in [-0.39, 0.29) is 5.41 Å². The van der Waals surface area contributed by atoms with Crippen molar-refractivity contribution in [2.45, 2.75) is 57.3 Å². The van der Waals surface area contributed by atoms with Gasteiger partial charge in [0.2, 0.25) is 0 Å². The van der Waals surface area contributed by atoms with Crippen LogP contribution in [0.25, 0.3) is 0 Å².